The van der Waals surface area contributed by atoms with Gasteiger partial charge in [-0.25, -0.2) is 4.98 Å². The maximum Gasteiger partial charge on any atom is 0.116 e. The van der Waals surface area contributed by atoms with Gasteiger partial charge in [-0.3, -0.25) is 4.98 Å². The van der Waals surface area contributed by atoms with Crippen molar-refractivity contribution in [3.8, 4) is 0 Å². The molecule has 16 heavy (non-hydrogen) atoms. The summed E-state index contributed by atoms with van der Waals surface area (Å²) >= 11 is 0. The second-order valence-corrected chi connectivity index (χ2v) is 4.20. The Labute approximate surface area is 93.2 Å². The number of pyridine rings is 1. The monoisotopic (exact) mass is 218 g/mol. The van der Waals surface area contributed by atoms with E-state index in [2.05, 4.69) is 14.5 Å². The van der Waals surface area contributed by atoms with Crippen LogP contribution in [0.3, 0.4) is 0 Å². The van der Waals surface area contributed by atoms with Crippen LogP contribution in [0.1, 0.15) is 11.7 Å². The van der Waals surface area contributed by atoms with Crippen molar-refractivity contribution in [1.82, 2.24) is 14.5 Å². The van der Waals surface area contributed by atoms with E-state index < -0.39 is 0 Å². The average Bonchev–Trinajstić information content (AvgIpc) is 2.84. The Hall–Kier alpha value is -1.46. The van der Waals surface area contributed by atoms with Crippen molar-refractivity contribution in [2.45, 2.75) is 12.0 Å². The van der Waals surface area contributed by atoms with Gasteiger partial charge in [-0.2, -0.15) is 0 Å². The summed E-state index contributed by atoms with van der Waals surface area (Å²) < 4.78 is 7.44. The van der Waals surface area contributed by atoms with Crippen molar-refractivity contribution in [2.75, 3.05) is 13.2 Å². The summed E-state index contributed by atoms with van der Waals surface area (Å²) in [5.74, 6) is 1.19. The van der Waals surface area contributed by atoms with Gasteiger partial charge in [0.05, 0.1) is 36.4 Å². The number of ether oxygens (including phenoxy) is 1. The molecule has 0 bridgehead atoms. The van der Waals surface area contributed by atoms with Crippen molar-refractivity contribution in [3.63, 3.8) is 0 Å². The molecule has 1 saturated heterocycles. The fourth-order valence-electron chi connectivity index (χ4n) is 2.22. The molecular formula is C11H14N4O. The zero-order chi connectivity index (χ0) is 11.1. The van der Waals surface area contributed by atoms with Gasteiger partial charge < -0.3 is 15.0 Å². The Morgan fingerprint density at radius 1 is 1.50 bits per heavy atom. The van der Waals surface area contributed by atoms with Gasteiger partial charge in [-0.15, -0.1) is 0 Å². The third-order valence-corrected chi connectivity index (χ3v) is 3.17. The van der Waals surface area contributed by atoms with Gasteiger partial charge in [-0.05, 0) is 6.07 Å². The SMILES string of the molecule is Cn1c(C2COCC2N)nc2ccncc21. The normalized spacial score (nSPS) is 25.4. The zero-order valence-corrected chi connectivity index (χ0v) is 9.13. The van der Waals surface area contributed by atoms with Crippen molar-refractivity contribution >= 4 is 11.0 Å². The van der Waals surface area contributed by atoms with Gasteiger partial charge in [0.25, 0.3) is 0 Å². The van der Waals surface area contributed by atoms with Crippen LogP contribution in [0.4, 0.5) is 0 Å². The number of fused-ring (bicyclic) bond motifs is 1. The largest absolute Gasteiger partial charge is 0.379 e. The predicted molar refractivity (Wildman–Crippen MR) is 60.0 cm³/mol. The van der Waals surface area contributed by atoms with Crippen molar-refractivity contribution in [3.05, 3.63) is 24.3 Å². The first-order valence-corrected chi connectivity index (χ1v) is 5.37. The summed E-state index contributed by atoms with van der Waals surface area (Å²) in [7, 11) is 2.00. The summed E-state index contributed by atoms with van der Waals surface area (Å²) in [6.07, 6.45) is 3.58. The molecule has 2 N–H and O–H groups in total. The fourth-order valence-corrected chi connectivity index (χ4v) is 2.22. The molecule has 0 radical (unpaired) electrons. The van der Waals surface area contributed by atoms with E-state index in [1.807, 2.05) is 19.3 Å². The Morgan fingerprint density at radius 3 is 3.06 bits per heavy atom. The first-order valence-electron chi connectivity index (χ1n) is 5.37. The highest BCUT2D eigenvalue weighted by atomic mass is 16.5. The lowest BCUT2D eigenvalue weighted by molar-refractivity contribution is 0.190. The number of hydrogen-bond acceptors (Lipinski definition) is 4. The van der Waals surface area contributed by atoms with Crippen LogP contribution in [0.15, 0.2) is 18.5 Å². The van der Waals surface area contributed by atoms with Crippen molar-refractivity contribution < 1.29 is 4.74 Å². The minimum atomic E-state index is 0.0449. The van der Waals surface area contributed by atoms with Crippen molar-refractivity contribution in [2.24, 2.45) is 12.8 Å². The molecule has 0 aromatic carbocycles. The highest BCUT2D eigenvalue weighted by Crippen LogP contribution is 2.26. The number of nitrogens with two attached hydrogens (primary N) is 1. The van der Waals surface area contributed by atoms with Gasteiger partial charge in [0.15, 0.2) is 0 Å². The van der Waals surface area contributed by atoms with Crippen LogP contribution in [0.25, 0.3) is 11.0 Å². The standard InChI is InChI=1S/C11H14N4O/c1-15-10-4-13-3-2-9(10)14-11(15)7-5-16-6-8(7)12/h2-4,7-8H,5-6,12H2,1H3. The number of rotatable bonds is 1. The van der Waals surface area contributed by atoms with Crippen LogP contribution >= 0.6 is 0 Å². The van der Waals surface area contributed by atoms with Gasteiger partial charge in [0.2, 0.25) is 0 Å². The summed E-state index contributed by atoms with van der Waals surface area (Å²) in [4.78, 5) is 8.72. The van der Waals surface area contributed by atoms with E-state index in [1.54, 1.807) is 6.20 Å². The van der Waals surface area contributed by atoms with E-state index in [0.717, 1.165) is 16.9 Å². The minimum Gasteiger partial charge on any atom is -0.379 e. The molecule has 3 rings (SSSR count). The first kappa shape index (κ1) is 9.74. The van der Waals surface area contributed by atoms with Crippen LogP contribution in [0.5, 0.6) is 0 Å². The van der Waals surface area contributed by atoms with Crippen molar-refractivity contribution in [1.29, 1.82) is 0 Å². The van der Waals surface area contributed by atoms with E-state index in [0.29, 0.717) is 13.2 Å². The van der Waals surface area contributed by atoms with Gasteiger partial charge in [0, 0.05) is 19.3 Å². The number of aryl methyl sites for hydroxylation is 1. The molecule has 2 atom stereocenters. The molecule has 5 heteroatoms. The number of imidazole rings is 1. The minimum absolute atomic E-state index is 0.0449. The molecule has 2 unspecified atom stereocenters. The molecule has 5 nitrogen and oxygen atoms in total. The van der Waals surface area contributed by atoms with Gasteiger partial charge in [-0.1, -0.05) is 0 Å². The van der Waals surface area contributed by atoms with E-state index in [1.165, 1.54) is 0 Å². The second-order valence-electron chi connectivity index (χ2n) is 4.20. The molecule has 0 spiro atoms. The molecule has 0 amide bonds. The lowest BCUT2D eigenvalue weighted by Crippen LogP contribution is -2.28. The maximum atomic E-state index is 6.01. The highest BCUT2D eigenvalue weighted by molar-refractivity contribution is 5.74. The molecule has 84 valence electrons. The Kier molecular flexibility index (Phi) is 2.15. The number of hydrogen-bond donors (Lipinski definition) is 1. The van der Waals surface area contributed by atoms with Crippen LogP contribution in [0, 0.1) is 0 Å². The Balaban J connectivity index is 2.13. The first-order chi connectivity index (χ1) is 7.77. The van der Waals surface area contributed by atoms with E-state index in [4.69, 9.17) is 10.5 Å². The lowest BCUT2D eigenvalue weighted by Gasteiger charge is -2.12. The van der Waals surface area contributed by atoms with E-state index in [-0.39, 0.29) is 12.0 Å². The maximum absolute atomic E-state index is 6.01. The van der Waals surface area contributed by atoms with Crippen LogP contribution < -0.4 is 5.73 Å². The Bertz CT molecular complexity index is 522. The highest BCUT2D eigenvalue weighted by Gasteiger charge is 2.30. The molecule has 3 heterocycles. The third-order valence-electron chi connectivity index (χ3n) is 3.17. The molecule has 2 aromatic rings. The van der Waals surface area contributed by atoms with E-state index >= 15 is 0 Å². The third kappa shape index (κ3) is 1.32. The molecular weight excluding hydrogens is 204 g/mol. The van der Waals surface area contributed by atoms with Gasteiger partial charge >= 0.3 is 0 Å². The smallest absolute Gasteiger partial charge is 0.116 e. The molecule has 1 fully saturated rings. The summed E-state index contributed by atoms with van der Waals surface area (Å²) in [6.45, 7) is 1.28. The molecule has 0 aliphatic carbocycles. The molecule has 1 aliphatic heterocycles. The van der Waals surface area contributed by atoms with E-state index in [9.17, 15) is 0 Å². The topological polar surface area (TPSA) is 66.0 Å². The average molecular weight is 218 g/mol. The molecule has 2 aromatic heterocycles. The Morgan fingerprint density at radius 2 is 2.38 bits per heavy atom. The summed E-state index contributed by atoms with van der Waals surface area (Å²) in [6, 6.07) is 1.96. The summed E-state index contributed by atoms with van der Waals surface area (Å²) in [5.41, 5.74) is 8.01. The molecule has 1 aliphatic rings. The van der Waals surface area contributed by atoms with Crippen LogP contribution in [-0.4, -0.2) is 33.8 Å². The number of nitrogens with zero attached hydrogens (tertiary/aromatic N) is 3. The second kappa shape index (κ2) is 3.54. The van der Waals surface area contributed by atoms with Crippen LogP contribution in [0.2, 0.25) is 0 Å². The lowest BCUT2D eigenvalue weighted by atomic mass is 10.0. The predicted octanol–water partition coefficient (Wildman–Crippen LogP) is 0.409. The van der Waals surface area contributed by atoms with Crippen LogP contribution in [-0.2, 0) is 11.8 Å². The quantitative estimate of drug-likeness (QED) is 0.753. The fraction of sp³-hybridized carbons (Fsp3) is 0.455. The number of aromatic nitrogens is 3. The summed E-state index contributed by atoms with van der Waals surface area (Å²) in [5, 5.41) is 0. The molecule has 0 saturated carbocycles. The van der Waals surface area contributed by atoms with Gasteiger partial charge in [0.1, 0.15) is 5.82 Å². The zero-order valence-electron chi connectivity index (χ0n) is 9.13.